The normalized spacial score (nSPS) is 13.8. The van der Waals surface area contributed by atoms with Gasteiger partial charge in [-0.05, 0) is 356 Å². The van der Waals surface area contributed by atoms with E-state index in [1.807, 2.05) is 72.8 Å². The minimum atomic E-state index is -4.71. The fraction of sp³-hybridized carbons (Fsp3) is 0.280. The van der Waals surface area contributed by atoms with Crippen molar-refractivity contribution >= 4 is 63.6 Å². The monoisotopic (exact) mass is 2170 g/mol. The second-order valence-corrected chi connectivity index (χ2v) is 38.2. The number of alkyl halides is 15. The molecule has 0 unspecified atom stereocenters. The van der Waals surface area contributed by atoms with Crippen molar-refractivity contribution < 1.29 is 182 Å². The largest absolute Gasteiger partial charge is 1.00 e. The van der Waals surface area contributed by atoms with E-state index in [1.165, 1.54) is 143 Å². The van der Waals surface area contributed by atoms with Crippen LogP contribution in [0.5, 0.6) is 51.7 Å². The Bertz CT molecular complexity index is 6600. The zero-order valence-electron chi connectivity index (χ0n) is 80.1. The van der Waals surface area contributed by atoms with Crippen LogP contribution in [0.3, 0.4) is 0 Å². The molecule has 9 aromatic carbocycles. The standard InChI is InChI=1S/C26H26F3NO4S.C24H22F3NO4S.C23H22F3NO2S.C22H20F3NO2S.C12H7F3O3.F2.Na.H2O/c1-2-32-25(31)17-33-22-8-3-18-11-13-30(14-12-20(18)15-22)16-23-9-10-24(35-23)19-4-6-21(7-5-19)34-26(27,28)29;25-24(26,27)32-19-4-2-17(3-5-19)22-8-7-21(33-22)14-28-11-9-16-1-6-20(31-15-23(29)30)13-18(16)10-12-28;1-28-20-7-2-16-10-12-27(13-11-18(16)14-20)15-21-8-9-22(30-21)17-3-5-19(6-4-17)29-23(24,25)26;23-22(24,25)28-19-5-2-16(3-6-19)21-8-7-20(29-21)14-26-11-9-15-1-4-18(27)13-17(15)10-12-26;13-12(14,15)18-9-3-1-8(2-4-9)11-6-5-10(7-16)17-11;1-2;;/h3-10,15H,2,11-14,16-17H2,1H3;1-8,13H,9-12,14-15H2,(H,29,30);2-9,14H,10-13,15H2,1H3;1-8,13,27H,9-12,14H2;1-7H;;;1H2/q;;;;;;+1;/p-1. The third-order valence-electron chi connectivity index (χ3n) is 23.3. The first kappa shape index (κ1) is 117. The van der Waals surface area contributed by atoms with Crippen molar-refractivity contribution in [2.24, 2.45) is 0 Å². The van der Waals surface area contributed by atoms with E-state index < -0.39 is 37.8 Å². The van der Waals surface area contributed by atoms with E-state index in [2.05, 4.69) is 85.7 Å². The van der Waals surface area contributed by atoms with Gasteiger partial charge in [0.25, 0.3) is 0 Å². The number of aldehydes is 1. The molecular formula is C107H98F17N4NaO16S4. The summed E-state index contributed by atoms with van der Waals surface area (Å²) in [6.07, 6.45) is -15.5. The number of ether oxygens (including phenoxy) is 9. The molecule has 0 fully saturated rings. The molecule has 0 saturated carbocycles. The Balaban J connectivity index is 0.000000177. The van der Waals surface area contributed by atoms with E-state index in [9.17, 15) is 85.3 Å². The summed E-state index contributed by atoms with van der Waals surface area (Å²) in [6.45, 7) is 12.4. The van der Waals surface area contributed by atoms with Crippen LogP contribution in [0.1, 0.15) is 81.5 Å². The summed E-state index contributed by atoms with van der Waals surface area (Å²) in [5.74, 6) is 0.427. The maximum Gasteiger partial charge on any atom is 1.00 e. The fourth-order valence-electron chi connectivity index (χ4n) is 16.5. The molecule has 0 atom stereocenters. The molecule has 3 N–H and O–H groups in total. The first-order valence-electron chi connectivity index (χ1n) is 45.8. The van der Waals surface area contributed by atoms with Gasteiger partial charge in [0.2, 0.25) is 0 Å². The van der Waals surface area contributed by atoms with Gasteiger partial charge in [-0.2, -0.15) is 0 Å². The van der Waals surface area contributed by atoms with E-state index in [4.69, 9.17) is 37.6 Å². The number of esters is 1. The van der Waals surface area contributed by atoms with Crippen LogP contribution in [0.25, 0.3) is 53.1 Å². The van der Waals surface area contributed by atoms with Gasteiger partial charge in [-0.3, -0.25) is 24.4 Å². The molecule has 20 nitrogen and oxygen atoms in total. The number of thiophene rings is 4. The minimum Gasteiger partial charge on any atom is -0.870 e. The predicted octanol–water partition coefficient (Wildman–Crippen LogP) is 24.1. The van der Waals surface area contributed by atoms with Gasteiger partial charge in [0.05, 0.1) is 13.7 Å². The van der Waals surface area contributed by atoms with Gasteiger partial charge in [-0.25, -0.2) is 9.59 Å². The molecule has 4 aliphatic rings. The number of halogens is 17. The summed E-state index contributed by atoms with van der Waals surface area (Å²) in [7, 11) is 1.69. The molecule has 18 rings (SSSR count). The summed E-state index contributed by atoms with van der Waals surface area (Å²) < 4.78 is 245. The topological polar surface area (TPSA) is 231 Å². The van der Waals surface area contributed by atoms with Crippen LogP contribution >= 0.6 is 45.3 Å². The molecule has 42 heteroatoms. The number of carboxylic acid groups (broad SMARTS) is 1. The predicted molar refractivity (Wildman–Crippen MR) is 526 cm³/mol. The Labute approximate surface area is 883 Å². The van der Waals surface area contributed by atoms with Gasteiger partial charge in [0.1, 0.15) is 57.5 Å². The molecule has 0 radical (unpaired) electrons. The molecule has 0 bridgehead atoms. The number of phenols is 1. The second kappa shape index (κ2) is 54.8. The number of rotatable bonds is 27. The SMILES string of the molecule is CCOC(=O)COc1ccc2c(c1)CCN(Cc1ccc(-c3ccc(OC(F)(F)F)cc3)s1)CC2.COc1ccc2c(c1)CCN(Cc1ccc(-c3ccc(OC(F)(F)F)cc3)s1)CC2.FF.O=C(O)COc1ccc2c(c1)CCN(Cc1ccc(-c3ccc(OC(F)(F)F)cc3)s1)CC2.O=Cc1ccc(-c2ccc(OC(F)(F)F)cc2)o1.Oc1ccc2c(c1)CCN(Cc1ccc(-c3ccc(OC(F)(F)F)cc3)s1)CC2.[Na+].[OH-]. The first-order chi connectivity index (χ1) is 70.3. The Morgan fingerprint density at radius 2 is 0.604 bits per heavy atom. The smallest absolute Gasteiger partial charge is 0.870 e. The van der Waals surface area contributed by atoms with E-state index in [1.54, 1.807) is 120 Å². The number of fused-ring (bicyclic) bond motifs is 4. The summed E-state index contributed by atoms with van der Waals surface area (Å²) in [5, 5.41) is 18.5. The molecule has 0 amide bonds. The fourth-order valence-corrected chi connectivity index (χ4v) is 20.7. The average Bonchev–Trinajstić information content (AvgIpc) is 1.71. The number of hydrogen-bond acceptors (Lipinski definition) is 23. The van der Waals surface area contributed by atoms with Gasteiger partial charge in [0, 0.05) is 132 Å². The zero-order chi connectivity index (χ0) is 105. The van der Waals surface area contributed by atoms with Crippen molar-refractivity contribution in [3.05, 3.63) is 325 Å². The first-order valence-corrected chi connectivity index (χ1v) is 49.1. The van der Waals surface area contributed by atoms with Crippen LogP contribution in [-0.4, -0.2) is 165 Å². The Kier molecular flexibility index (Phi) is 42.9. The van der Waals surface area contributed by atoms with Gasteiger partial charge in [-0.15, -0.1) is 111 Å². The number of aliphatic carboxylic acids is 1. The molecule has 5 aromatic heterocycles. The molecule has 786 valence electrons. The van der Waals surface area contributed by atoms with Gasteiger partial charge in [0.15, 0.2) is 25.3 Å². The van der Waals surface area contributed by atoms with Gasteiger partial charge >= 0.3 is 73.3 Å². The van der Waals surface area contributed by atoms with Crippen molar-refractivity contribution in [2.45, 2.75) is 116 Å². The average molecular weight is 2170 g/mol. The van der Waals surface area contributed by atoms with Gasteiger partial charge < -0.3 is 62.7 Å². The van der Waals surface area contributed by atoms with Crippen molar-refractivity contribution in [3.8, 4) is 105 Å². The number of hydrogen-bond donors (Lipinski definition) is 2. The number of furan rings is 1. The van der Waals surface area contributed by atoms with E-state index in [0.29, 0.717) is 41.5 Å². The maximum atomic E-state index is 12.4. The number of carbonyl (C=O) groups is 3. The Morgan fingerprint density at radius 1 is 0.342 bits per heavy atom. The van der Waals surface area contributed by atoms with E-state index in [-0.39, 0.29) is 88.7 Å². The molecule has 0 aliphatic carbocycles. The summed E-state index contributed by atoms with van der Waals surface area (Å²) in [4.78, 5) is 51.1. The second-order valence-electron chi connectivity index (χ2n) is 33.6. The van der Waals surface area contributed by atoms with Crippen LogP contribution in [-0.2, 0) is 91.9 Å². The number of phenolic OH excluding ortho intramolecular Hbond substituents is 1. The number of carbonyl (C=O) groups excluding carboxylic acids is 2. The molecule has 4 aliphatic heterocycles. The molecule has 0 spiro atoms. The number of methoxy groups -OCH3 is 1. The molecule has 9 heterocycles. The number of nitrogens with zero attached hydrogens (tertiary/aromatic N) is 4. The van der Waals surface area contributed by atoms with Crippen molar-refractivity contribution in [1.29, 1.82) is 0 Å². The van der Waals surface area contributed by atoms with Crippen LogP contribution in [0.4, 0.5) is 75.0 Å². The summed E-state index contributed by atoms with van der Waals surface area (Å²) in [6, 6.07) is 72.0. The van der Waals surface area contributed by atoms with Crippen LogP contribution in [0.2, 0.25) is 0 Å². The molecule has 14 aromatic rings. The van der Waals surface area contributed by atoms with E-state index in [0.717, 1.165) is 177 Å². The maximum absolute atomic E-state index is 12.4. The Hall–Kier alpha value is -12.5. The Morgan fingerprint density at radius 3 is 0.879 bits per heavy atom. The third-order valence-corrected chi connectivity index (χ3v) is 27.8. The minimum absolute atomic E-state index is 0. The summed E-state index contributed by atoms with van der Waals surface area (Å²) in [5.41, 5.74) is 14.2. The quantitative estimate of drug-likeness (QED) is 0.0211. The third kappa shape index (κ3) is 37.9. The van der Waals surface area contributed by atoms with Crippen molar-refractivity contribution in [3.63, 3.8) is 0 Å². The van der Waals surface area contributed by atoms with Crippen molar-refractivity contribution in [2.75, 3.05) is 79.3 Å². The summed E-state index contributed by atoms with van der Waals surface area (Å²) >= 11 is 6.57. The van der Waals surface area contributed by atoms with Crippen molar-refractivity contribution in [1.82, 2.24) is 19.6 Å². The molecule has 149 heavy (non-hydrogen) atoms. The number of aromatic hydroxyl groups is 1. The zero-order valence-corrected chi connectivity index (χ0v) is 85.4. The number of carboxylic acids is 1. The van der Waals surface area contributed by atoms with Crippen LogP contribution in [0, 0.1) is 0 Å². The van der Waals surface area contributed by atoms with Gasteiger partial charge in [-0.1, -0.05) is 24.3 Å². The van der Waals surface area contributed by atoms with Crippen LogP contribution in [0.15, 0.2) is 259 Å². The number of benzene rings is 9. The molecular weight excluding hydrogens is 2070 g/mol. The molecule has 0 saturated heterocycles. The van der Waals surface area contributed by atoms with E-state index >= 15 is 0 Å². The van der Waals surface area contributed by atoms with Crippen LogP contribution < -0.4 is 67.5 Å².